The Morgan fingerprint density at radius 1 is 1.32 bits per heavy atom. The van der Waals surface area contributed by atoms with Crippen molar-refractivity contribution in [3.8, 4) is 0 Å². The predicted octanol–water partition coefficient (Wildman–Crippen LogP) is 2.97. The highest BCUT2D eigenvalue weighted by molar-refractivity contribution is 7.19. The number of hydrogen-bond acceptors (Lipinski definition) is 7. The lowest BCUT2D eigenvalue weighted by Gasteiger charge is -2.27. The van der Waals surface area contributed by atoms with E-state index in [9.17, 15) is 4.79 Å². The van der Waals surface area contributed by atoms with Gasteiger partial charge in [-0.25, -0.2) is 9.97 Å². The number of carbonyl (C=O) groups excluding carboxylic acids is 1. The number of esters is 1. The van der Waals surface area contributed by atoms with Gasteiger partial charge in [0.25, 0.3) is 0 Å². The van der Waals surface area contributed by atoms with Gasteiger partial charge < -0.3 is 15.8 Å². The molecule has 0 aromatic carbocycles. The number of fused-ring (bicyclic) bond motifs is 3. The average Bonchev–Trinajstić information content (AvgIpc) is 3.16. The molecule has 2 aliphatic carbocycles. The minimum atomic E-state index is -0.185. The van der Waals surface area contributed by atoms with E-state index in [1.54, 1.807) is 17.7 Å². The number of nitrogens with two attached hydrogens (primary N) is 1. The van der Waals surface area contributed by atoms with Crippen LogP contribution >= 0.6 is 11.3 Å². The first kappa shape index (κ1) is 16.7. The summed E-state index contributed by atoms with van der Waals surface area (Å²) >= 11 is 1.68. The van der Waals surface area contributed by atoms with E-state index < -0.39 is 0 Å². The summed E-state index contributed by atoms with van der Waals surface area (Å²) in [5, 5.41) is 4.62. The number of aryl methyl sites for hydroxylation is 1. The maximum Gasteiger partial charge on any atom is 0.313 e. The standard InChI is InChI=1S/C18H24N4O2S/c1-2-24-18(23)12-7-8-13-14(12)15-16(20-9-21-17(15)25-13)22-11-5-3-10(19)4-6-11/h9-12H,2-8,19H2,1H3,(H,20,21,22). The van der Waals surface area contributed by atoms with Crippen LogP contribution in [0, 0.1) is 0 Å². The van der Waals surface area contributed by atoms with Crippen LogP contribution in [0.3, 0.4) is 0 Å². The molecular weight excluding hydrogens is 336 g/mol. The molecule has 2 aromatic rings. The molecule has 1 fully saturated rings. The molecule has 0 spiro atoms. The second-order valence-corrected chi connectivity index (χ2v) is 8.02. The number of nitrogens with zero attached hydrogens (tertiary/aromatic N) is 2. The first-order valence-electron chi connectivity index (χ1n) is 9.12. The van der Waals surface area contributed by atoms with Crippen LogP contribution in [0.25, 0.3) is 10.2 Å². The number of anilines is 1. The van der Waals surface area contributed by atoms with Crippen molar-refractivity contribution in [2.75, 3.05) is 11.9 Å². The van der Waals surface area contributed by atoms with E-state index in [0.717, 1.165) is 60.1 Å². The number of carbonyl (C=O) groups is 1. The van der Waals surface area contributed by atoms with Crippen molar-refractivity contribution < 1.29 is 9.53 Å². The number of nitrogens with one attached hydrogen (secondary N) is 1. The smallest absolute Gasteiger partial charge is 0.313 e. The summed E-state index contributed by atoms with van der Waals surface area (Å²) in [4.78, 5) is 23.6. The second-order valence-electron chi connectivity index (χ2n) is 6.94. The molecule has 0 aliphatic heterocycles. The third kappa shape index (κ3) is 3.11. The van der Waals surface area contributed by atoms with Crippen LogP contribution in [0.15, 0.2) is 6.33 Å². The Bertz CT molecular complexity index is 783. The summed E-state index contributed by atoms with van der Waals surface area (Å²) in [5.74, 6) is 0.550. The van der Waals surface area contributed by atoms with Gasteiger partial charge in [0.2, 0.25) is 0 Å². The molecule has 1 unspecified atom stereocenters. The Labute approximate surface area is 151 Å². The van der Waals surface area contributed by atoms with Crippen LogP contribution in [-0.2, 0) is 16.0 Å². The summed E-state index contributed by atoms with van der Waals surface area (Å²) < 4.78 is 5.29. The molecule has 134 valence electrons. The molecule has 6 nitrogen and oxygen atoms in total. The van der Waals surface area contributed by atoms with Crippen molar-refractivity contribution >= 4 is 33.3 Å². The molecule has 2 aromatic heterocycles. The Morgan fingerprint density at radius 3 is 2.88 bits per heavy atom. The summed E-state index contributed by atoms with van der Waals surface area (Å²) in [6, 6.07) is 0.706. The van der Waals surface area contributed by atoms with Crippen molar-refractivity contribution in [1.82, 2.24) is 9.97 Å². The molecule has 25 heavy (non-hydrogen) atoms. The fourth-order valence-corrected chi connectivity index (χ4v) is 5.24. The zero-order chi connectivity index (χ0) is 17.4. The lowest BCUT2D eigenvalue weighted by Crippen LogP contribution is -2.33. The van der Waals surface area contributed by atoms with Crippen molar-refractivity contribution in [3.05, 3.63) is 16.8 Å². The van der Waals surface area contributed by atoms with Crippen LogP contribution in [0.2, 0.25) is 0 Å². The fourth-order valence-electron chi connectivity index (χ4n) is 4.02. The number of ether oxygens (including phenoxy) is 1. The average molecular weight is 360 g/mol. The van der Waals surface area contributed by atoms with Gasteiger partial charge in [-0.1, -0.05) is 0 Å². The molecule has 4 rings (SSSR count). The van der Waals surface area contributed by atoms with Gasteiger partial charge in [0.05, 0.1) is 17.9 Å². The molecule has 3 N–H and O–H groups in total. The third-order valence-electron chi connectivity index (χ3n) is 5.29. The van der Waals surface area contributed by atoms with Gasteiger partial charge in [-0.2, -0.15) is 0 Å². The van der Waals surface area contributed by atoms with Crippen LogP contribution in [0.4, 0.5) is 5.82 Å². The Kier molecular flexibility index (Phi) is 4.60. The van der Waals surface area contributed by atoms with E-state index in [1.165, 1.54) is 4.88 Å². The number of rotatable bonds is 4. The summed E-state index contributed by atoms with van der Waals surface area (Å²) in [5.41, 5.74) is 7.11. The highest BCUT2D eigenvalue weighted by Crippen LogP contribution is 2.46. The van der Waals surface area contributed by atoms with Crippen molar-refractivity contribution in [2.45, 2.75) is 63.5 Å². The van der Waals surface area contributed by atoms with Gasteiger partial charge in [-0.3, -0.25) is 4.79 Å². The SMILES string of the molecule is CCOC(=O)C1CCc2sc3ncnc(NC4CCC(N)CC4)c3c21. The van der Waals surface area contributed by atoms with Gasteiger partial charge in [0.1, 0.15) is 17.0 Å². The van der Waals surface area contributed by atoms with Gasteiger partial charge in [0, 0.05) is 17.0 Å². The summed E-state index contributed by atoms with van der Waals surface area (Å²) in [6.45, 7) is 2.26. The Hall–Kier alpha value is -1.73. The second kappa shape index (κ2) is 6.88. The summed E-state index contributed by atoms with van der Waals surface area (Å²) in [7, 11) is 0. The van der Waals surface area contributed by atoms with Crippen LogP contribution in [0.1, 0.15) is 55.4 Å². The van der Waals surface area contributed by atoms with Crippen molar-refractivity contribution in [3.63, 3.8) is 0 Å². The minimum Gasteiger partial charge on any atom is -0.466 e. The van der Waals surface area contributed by atoms with E-state index in [0.29, 0.717) is 18.7 Å². The first-order chi connectivity index (χ1) is 12.2. The van der Waals surface area contributed by atoms with Crippen LogP contribution in [-0.4, -0.2) is 34.6 Å². The van der Waals surface area contributed by atoms with E-state index in [2.05, 4.69) is 15.3 Å². The monoisotopic (exact) mass is 360 g/mol. The minimum absolute atomic E-state index is 0.126. The third-order valence-corrected chi connectivity index (χ3v) is 6.47. The Morgan fingerprint density at radius 2 is 2.12 bits per heavy atom. The molecule has 2 aliphatic rings. The highest BCUT2D eigenvalue weighted by Gasteiger charge is 2.35. The molecule has 0 amide bonds. The molecule has 0 radical (unpaired) electrons. The number of hydrogen-bond donors (Lipinski definition) is 2. The predicted molar refractivity (Wildman–Crippen MR) is 99.0 cm³/mol. The lowest BCUT2D eigenvalue weighted by atomic mass is 9.91. The molecule has 2 heterocycles. The van der Waals surface area contributed by atoms with Crippen molar-refractivity contribution in [2.24, 2.45) is 5.73 Å². The molecule has 1 saturated carbocycles. The first-order valence-corrected chi connectivity index (χ1v) is 9.94. The van der Waals surface area contributed by atoms with Crippen LogP contribution < -0.4 is 11.1 Å². The maximum absolute atomic E-state index is 12.4. The topological polar surface area (TPSA) is 90.1 Å². The van der Waals surface area contributed by atoms with E-state index in [-0.39, 0.29) is 11.9 Å². The van der Waals surface area contributed by atoms with E-state index in [4.69, 9.17) is 10.5 Å². The van der Waals surface area contributed by atoms with E-state index >= 15 is 0 Å². The molecule has 7 heteroatoms. The normalized spacial score (nSPS) is 25.8. The van der Waals surface area contributed by atoms with Gasteiger partial charge in [-0.15, -0.1) is 11.3 Å². The largest absolute Gasteiger partial charge is 0.466 e. The molecule has 0 saturated heterocycles. The zero-order valence-corrected chi connectivity index (χ0v) is 15.3. The lowest BCUT2D eigenvalue weighted by molar-refractivity contribution is -0.144. The molecule has 1 atom stereocenters. The molecule has 0 bridgehead atoms. The maximum atomic E-state index is 12.4. The van der Waals surface area contributed by atoms with Gasteiger partial charge in [0.15, 0.2) is 0 Å². The van der Waals surface area contributed by atoms with Gasteiger partial charge in [-0.05, 0) is 51.0 Å². The quantitative estimate of drug-likeness (QED) is 0.815. The number of thiophene rings is 1. The van der Waals surface area contributed by atoms with Gasteiger partial charge >= 0.3 is 5.97 Å². The van der Waals surface area contributed by atoms with Crippen LogP contribution in [0.5, 0.6) is 0 Å². The Balaban J connectivity index is 1.68. The highest BCUT2D eigenvalue weighted by atomic mass is 32.1. The number of aromatic nitrogens is 2. The summed E-state index contributed by atoms with van der Waals surface area (Å²) in [6.07, 6.45) is 7.54. The van der Waals surface area contributed by atoms with Crippen molar-refractivity contribution in [1.29, 1.82) is 0 Å². The van der Waals surface area contributed by atoms with E-state index in [1.807, 2.05) is 6.92 Å². The zero-order valence-electron chi connectivity index (χ0n) is 14.5. The fraction of sp³-hybridized carbons (Fsp3) is 0.611. The molecular formula is C18H24N4O2S.